The van der Waals surface area contributed by atoms with Gasteiger partial charge in [0.15, 0.2) is 0 Å². The van der Waals surface area contributed by atoms with Gasteiger partial charge in [-0.2, -0.15) is 0 Å². The summed E-state index contributed by atoms with van der Waals surface area (Å²) < 4.78 is 11.1. The van der Waals surface area contributed by atoms with Crippen molar-refractivity contribution >= 4 is 17.5 Å². The number of ether oxygens (including phenoxy) is 2. The molecule has 28 heavy (non-hydrogen) atoms. The SMILES string of the molecule is CCCCN(C(=O)CCCOc1cccc2c1CCC(=O)N2)C1=CCOC=C1. The van der Waals surface area contributed by atoms with E-state index in [-0.39, 0.29) is 11.8 Å². The van der Waals surface area contributed by atoms with Crippen LogP contribution in [0.5, 0.6) is 5.75 Å². The molecule has 0 aliphatic carbocycles. The molecule has 0 bridgehead atoms. The number of fused-ring (bicyclic) bond motifs is 1. The zero-order chi connectivity index (χ0) is 19.8. The number of allylic oxidation sites excluding steroid dienone is 1. The first-order chi connectivity index (χ1) is 13.7. The van der Waals surface area contributed by atoms with Gasteiger partial charge in [0, 0.05) is 36.3 Å². The predicted octanol–water partition coefficient (Wildman–Crippen LogP) is 3.79. The van der Waals surface area contributed by atoms with E-state index in [0.29, 0.717) is 38.9 Å². The molecule has 0 spiro atoms. The molecule has 6 heteroatoms. The third-order valence-electron chi connectivity index (χ3n) is 4.87. The number of benzene rings is 1. The zero-order valence-corrected chi connectivity index (χ0v) is 16.4. The normalized spacial score (nSPS) is 15.2. The fourth-order valence-corrected chi connectivity index (χ4v) is 3.36. The van der Waals surface area contributed by atoms with Gasteiger partial charge in [-0.1, -0.05) is 19.4 Å². The number of carbonyl (C=O) groups excluding carboxylic acids is 2. The second-order valence-electron chi connectivity index (χ2n) is 6.95. The topological polar surface area (TPSA) is 67.9 Å². The minimum atomic E-state index is 0.0406. The number of nitrogens with one attached hydrogen (secondary N) is 1. The molecule has 1 aromatic carbocycles. The maximum absolute atomic E-state index is 12.7. The number of hydrogen-bond acceptors (Lipinski definition) is 4. The zero-order valence-electron chi connectivity index (χ0n) is 16.4. The van der Waals surface area contributed by atoms with Gasteiger partial charge in [-0.3, -0.25) is 9.59 Å². The standard InChI is InChI=1S/C22H28N2O4/c1-2-3-13-24(17-11-15-27-16-12-17)22(26)8-5-14-28-20-7-4-6-19-18(20)9-10-21(25)23-19/h4,6-7,11-12,15H,2-3,5,8-10,13-14,16H2,1H3,(H,23,25). The van der Waals surface area contributed by atoms with Crippen LogP contribution < -0.4 is 10.1 Å². The third kappa shape index (κ3) is 5.15. The molecule has 0 unspecified atom stereocenters. The Hall–Kier alpha value is -2.76. The van der Waals surface area contributed by atoms with Crippen molar-refractivity contribution in [2.24, 2.45) is 0 Å². The summed E-state index contributed by atoms with van der Waals surface area (Å²) in [5, 5.41) is 2.88. The van der Waals surface area contributed by atoms with Crippen LogP contribution in [-0.2, 0) is 20.7 Å². The van der Waals surface area contributed by atoms with E-state index in [1.807, 2.05) is 35.3 Å². The highest BCUT2D eigenvalue weighted by molar-refractivity contribution is 5.94. The van der Waals surface area contributed by atoms with E-state index >= 15 is 0 Å². The molecular weight excluding hydrogens is 356 g/mol. The van der Waals surface area contributed by atoms with Gasteiger partial charge in [-0.05, 0) is 43.5 Å². The molecule has 3 rings (SSSR count). The molecule has 0 fully saturated rings. The van der Waals surface area contributed by atoms with Crippen molar-refractivity contribution in [2.45, 2.75) is 45.4 Å². The number of nitrogens with zero attached hydrogens (tertiary/aromatic N) is 1. The van der Waals surface area contributed by atoms with E-state index in [1.165, 1.54) is 0 Å². The first kappa shape index (κ1) is 20.0. The van der Waals surface area contributed by atoms with Gasteiger partial charge in [0.1, 0.15) is 12.4 Å². The molecule has 2 amide bonds. The van der Waals surface area contributed by atoms with Crippen LogP contribution in [0.1, 0.15) is 44.6 Å². The smallest absolute Gasteiger partial charge is 0.227 e. The van der Waals surface area contributed by atoms with Crippen molar-refractivity contribution in [3.63, 3.8) is 0 Å². The van der Waals surface area contributed by atoms with Gasteiger partial charge in [0.2, 0.25) is 11.8 Å². The van der Waals surface area contributed by atoms with Gasteiger partial charge < -0.3 is 19.7 Å². The average molecular weight is 384 g/mol. The molecule has 0 saturated carbocycles. The first-order valence-electron chi connectivity index (χ1n) is 10.0. The van der Waals surface area contributed by atoms with E-state index in [2.05, 4.69) is 12.2 Å². The van der Waals surface area contributed by atoms with Crippen molar-refractivity contribution < 1.29 is 19.1 Å². The minimum Gasteiger partial charge on any atom is -0.497 e. The van der Waals surface area contributed by atoms with Crippen molar-refractivity contribution in [2.75, 3.05) is 25.1 Å². The highest BCUT2D eigenvalue weighted by atomic mass is 16.5. The molecule has 1 aromatic rings. The Morgan fingerprint density at radius 3 is 2.96 bits per heavy atom. The lowest BCUT2D eigenvalue weighted by atomic mass is 10.0. The van der Waals surface area contributed by atoms with Gasteiger partial charge in [-0.15, -0.1) is 0 Å². The fourth-order valence-electron chi connectivity index (χ4n) is 3.36. The first-order valence-corrected chi connectivity index (χ1v) is 10.0. The van der Waals surface area contributed by atoms with Crippen molar-refractivity contribution in [1.29, 1.82) is 0 Å². The lowest BCUT2D eigenvalue weighted by molar-refractivity contribution is -0.129. The minimum absolute atomic E-state index is 0.0406. The van der Waals surface area contributed by atoms with Crippen molar-refractivity contribution in [3.05, 3.63) is 47.9 Å². The van der Waals surface area contributed by atoms with Gasteiger partial charge >= 0.3 is 0 Å². The maximum Gasteiger partial charge on any atom is 0.227 e. The van der Waals surface area contributed by atoms with Crippen LogP contribution in [0.2, 0.25) is 0 Å². The molecule has 1 N–H and O–H groups in total. The molecule has 6 nitrogen and oxygen atoms in total. The van der Waals surface area contributed by atoms with Gasteiger partial charge in [0.25, 0.3) is 0 Å². The number of anilines is 1. The summed E-state index contributed by atoms with van der Waals surface area (Å²) in [5.74, 6) is 0.943. The summed E-state index contributed by atoms with van der Waals surface area (Å²) in [4.78, 5) is 26.1. The van der Waals surface area contributed by atoms with Crippen molar-refractivity contribution in [1.82, 2.24) is 4.90 Å². The van der Waals surface area contributed by atoms with Crippen LogP contribution in [0.3, 0.4) is 0 Å². The maximum atomic E-state index is 12.7. The monoisotopic (exact) mass is 384 g/mol. The lowest BCUT2D eigenvalue weighted by Crippen LogP contribution is -2.31. The summed E-state index contributed by atoms with van der Waals surface area (Å²) in [7, 11) is 0. The summed E-state index contributed by atoms with van der Waals surface area (Å²) in [6, 6.07) is 5.69. The second kappa shape index (κ2) is 9.97. The summed E-state index contributed by atoms with van der Waals surface area (Å²) >= 11 is 0. The molecule has 150 valence electrons. The van der Waals surface area contributed by atoms with Crippen LogP contribution >= 0.6 is 0 Å². The van der Waals surface area contributed by atoms with Crippen LogP contribution in [0, 0.1) is 0 Å². The molecule has 0 radical (unpaired) electrons. The number of amides is 2. The van der Waals surface area contributed by atoms with Gasteiger partial charge in [-0.25, -0.2) is 0 Å². The summed E-state index contributed by atoms with van der Waals surface area (Å²) in [5.41, 5.74) is 2.78. The van der Waals surface area contributed by atoms with E-state index in [1.54, 1.807) is 6.26 Å². The quantitative estimate of drug-likeness (QED) is 0.658. The Balaban J connectivity index is 1.52. The lowest BCUT2D eigenvalue weighted by Gasteiger charge is -2.25. The summed E-state index contributed by atoms with van der Waals surface area (Å²) in [6.07, 6.45) is 9.67. The Labute approximate surface area is 166 Å². The number of unbranched alkanes of at least 4 members (excludes halogenated alkanes) is 1. The second-order valence-corrected chi connectivity index (χ2v) is 6.95. The Bertz CT molecular complexity index is 770. The molecule has 0 saturated heterocycles. The number of hydrogen-bond donors (Lipinski definition) is 1. The average Bonchev–Trinajstić information content (AvgIpc) is 2.72. The molecule has 0 aromatic heterocycles. The van der Waals surface area contributed by atoms with Crippen LogP contribution in [0.4, 0.5) is 5.69 Å². The molecular formula is C22H28N2O4. The largest absolute Gasteiger partial charge is 0.497 e. The number of carbonyl (C=O) groups is 2. The predicted molar refractivity (Wildman–Crippen MR) is 108 cm³/mol. The van der Waals surface area contributed by atoms with E-state index in [4.69, 9.17) is 9.47 Å². The van der Waals surface area contributed by atoms with E-state index in [0.717, 1.165) is 42.1 Å². The molecule has 2 aliphatic heterocycles. The Kier molecular flexibility index (Phi) is 7.12. The molecule has 2 heterocycles. The number of rotatable bonds is 9. The molecule has 2 aliphatic rings. The highest BCUT2D eigenvalue weighted by Gasteiger charge is 2.19. The van der Waals surface area contributed by atoms with Crippen molar-refractivity contribution in [3.8, 4) is 5.75 Å². The highest BCUT2D eigenvalue weighted by Crippen LogP contribution is 2.31. The van der Waals surface area contributed by atoms with E-state index < -0.39 is 0 Å². The van der Waals surface area contributed by atoms with E-state index in [9.17, 15) is 9.59 Å². The van der Waals surface area contributed by atoms with Gasteiger partial charge in [0.05, 0.1) is 12.9 Å². The fraction of sp³-hybridized carbons (Fsp3) is 0.455. The van der Waals surface area contributed by atoms with Crippen LogP contribution in [0.25, 0.3) is 0 Å². The van der Waals surface area contributed by atoms with Crippen LogP contribution in [-0.4, -0.2) is 36.5 Å². The Morgan fingerprint density at radius 2 is 2.18 bits per heavy atom. The van der Waals surface area contributed by atoms with Crippen LogP contribution in [0.15, 0.2) is 42.3 Å². The third-order valence-corrected chi connectivity index (χ3v) is 4.87. The summed E-state index contributed by atoms with van der Waals surface area (Å²) in [6.45, 7) is 3.81. The molecule has 0 atom stereocenters. The Morgan fingerprint density at radius 1 is 1.29 bits per heavy atom.